The largest absolute Gasteiger partial charge is 0.480 e. The van der Waals surface area contributed by atoms with Crippen molar-refractivity contribution < 1.29 is 29.6 Å². The van der Waals surface area contributed by atoms with Crippen molar-refractivity contribution >= 4 is 12.1 Å². The zero-order chi connectivity index (χ0) is 15.2. The fourth-order valence-corrected chi connectivity index (χ4v) is 1.39. The van der Waals surface area contributed by atoms with Gasteiger partial charge in [-0.3, -0.25) is 4.90 Å². The van der Waals surface area contributed by atoms with Gasteiger partial charge in [-0.15, -0.1) is 0 Å². The normalized spacial score (nSPS) is 14.6. The minimum Gasteiger partial charge on any atom is -0.480 e. The van der Waals surface area contributed by atoms with E-state index in [4.69, 9.17) is 14.9 Å². The highest BCUT2D eigenvalue weighted by molar-refractivity contribution is 5.79. The second-order valence-electron chi connectivity index (χ2n) is 5.36. The summed E-state index contributed by atoms with van der Waals surface area (Å²) in [6.45, 7) is 4.61. The third kappa shape index (κ3) is 6.97. The van der Waals surface area contributed by atoms with Crippen LogP contribution in [0.5, 0.6) is 0 Å². The highest BCUT2D eigenvalue weighted by Crippen LogP contribution is 2.14. The lowest BCUT2D eigenvalue weighted by atomic mass is 10.1. The summed E-state index contributed by atoms with van der Waals surface area (Å²) in [7, 11) is 1.33. The molecule has 0 spiro atoms. The second-order valence-corrected chi connectivity index (χ2v) is 5.36. The maximum absolute atomic E-state index is 11.7. The van der Waals surface area contributed by atoms with Gasteiger partial charge in [0.15, 0.2) is 0 Å². The van der Waals surface area contributed by atoms with Gasteiger partial charge in [-0.25, -0.2) is 9.59 Å². The van der Waals surface area contributed by atoms with Crippen molar-refractivity contribution in [2.24, 2.45) is 0 Å². The number of likely N-dealkylation sites (N-methyl/N-ethyl adjacent to an activating group) is 1. The van der Waals surface area contributed by atoms with E-state index in [1.165, 1.54) is 7.05 Å². The Bertz CT molecular complexity index is 312. The fourth-order valence-electron chi connectivity index (χ4n) is 1.39. The third-order valence-electron chi connectivity index (χ3n) is 2.42. The molecule has 0 heterocycles. The molecule has 1 amide bonds. The number of hydrogen-bond acceptors (Lipinski definition) is 5. The summed E-state index contributed by atoms with van der Waals surface area (Å²) in [5, 5.41) is 27.0. The number of ether oxygens (including phenoxy) is 1. The van der Waals surface area contributed by atoms with Gasteiger partial charge in [0.25, 0.3) is 0 Å². The number of amides is 1. The quantitative estimate of drug-likeness (QED) is 0.650. The smallest absolute Gasteiger partial charge is 0.410 e. The molecule has 0 rings (SSSR count). The zero-order valence-corrected chi connectivity index (χ0v) is 11.8. The van der Waals surface area contributed by atoms with Crippen LogP contribution in [0.1, 0.15) is 33.6 Å². The molecule has 0 aliphatic heterocycles. The Labute approximate surface area is 112 Å². The average molecular weight is 277 g/mol. The molecule has 7 nitrogen and oxygen atoms in total. The molecule has 0 fully saturated rings. The van der Waals surface area contributed by atoms with Crippen molar-refractivity contribution in [3.63, 3.8) is 0 Å². The first-order valence-corrected chi connectivity index (χ1v) is 6.06. The number of hydrogen-bond donors (Lipinski definition) is 3. The SMILES string of the molecule is CN(C(=O)OC(C)(C)C)[C@@H](CC[C@H](O)CO)C(=O)O. The first kappa shape index (κ1) is 17.7. The number of carbonyl (C=O) groups is 2. The van der Waals surface area contributed by atoms with Gasteiger partial charge < -0.3 is 20.1 Å². The molecule has 0 bridgehead atoms. The van der Waals surface area contributed by atoms with Crippen molar-refractivity contribution in [3.05, 3.63) is 0 Å². The van der Waals surface area contributed by atoms with Gasteiger partial charge in [-0.1, -0.05) is 0 Å². The number of aliphatic hydroxyl groups excluding tert-OH is 2. The van der Waals surface area contributed by atoms with E-state index in [2.05, 4.69) is 0 Å². The number of aliphatic carboxylic acids is 1. The second kappa shape index (κ2) is 7.30. The molecule has 0 aromatic rings. The third-order valence-corrected chi connectivity index (χ3v) is 2.42. The van der Waals surface area contributed by atoms with Crippen LogP contribution in [0.2, 0.25) is 0 Å². The first-order chi connectivity index (χ1) is 8.58. The van der Waals surface area contributed by atoms with E-state index in [1.807, 2.05) is 0 Å². The van der Waals surface area contributed by atoms with E-state index >= 15 is 0 Å². The monoisotopic (exact) mass is 277 g/mol. The summed E-state index contributed by atoms with van der Waals surface area (Å²) in [4.78, 5) is 23.8. The summed E-state index contributed by atoms with van der Waals surface area (Å²) in [5.41, 5.74) is -0.709. The van der Waals surface area contributed by atoms with E-state index in [-0.39, 0.29) is 12.8 Å². The van der Waals surface area contributed by atoms with Crippen molar-refractivity contribution in [3.8, 4) is 0 Å². The Morgan fingerprint density at radius 2 is 1.79 bits per heavy atom. The van der Waals surface area contributed by atoms with Crippen LogP contribution in [0.25, 0.3) is 0 Å². The van der Waals surface area contributed by atoms with Gasteiger partial charge >= 0.3 is 12.1 Å². The molecule has 0 aromatic carbocycles. The van der Waals surface area contributed by atoms with Crippen molar-refractivity contribution in [1.82, 2.24) is 4.90 Å². The van der Waals surface area contributed by atoms with Gasteiger partial charge in [0, 0.05) is 7.05 Å². The van der Waals surface area contributed by atoms with Gasteiger partial charge in [0.2, 0.25) is 0 Å². The number of rotatable bonds is 6. The summed E-state index contributed by atoms with van der Waals surface area (Å²) < 4.78 is 5.08. The molecule has 0 unspecified atom stereocenters. The molecule has 0 aromatic heterocycles. The maximum atomic E-state index is 11.7. The molecule has 112 valence electrons. The van der Waals surface area contributed by atoms with Crippen LogP contribution in [0.4, 0.5) is 4.79 Å². The Morgan fingerprint density at radius 3 is 2.16 bits per heavy atom. The predicted molar refractivity (Wildman–Crippen MR) is 67.7 cm³/mol. The Balaban J connectivity index is 4.61. The molecule has 0 saturated heterocycles. The highest BCUT2D eigenvalue weighted by Gasteiger charge is 2.30. The fraction of sp³-hybridized carbons (Fsp3) is 0.833. The van der Waals surface area contributed by atoms with Crippen LogP contribution < -0.4 is 0 Å². The molecular formula is C12H23NO6. The molecule has 0 aliphatic carbocycles. The molecule has 0 radical (unpaired) electrons. The number of aliphatic hydroxyl groups is 2. The van der Waals surface area contributed by atoms with Crippen LogP contribution in [-0.4, -0.2) is 63.7 Å². The van der Waals surface area contributed by atoms with E-state index < -0.39 is 36.4 Å². The topological polar surface area (TPSA) is 107 Å². The van der Waals surface area contributed by atoms with Crippen LogP contribution in [0.15, 0.2) is 0 Å². The minimum absolute atomic E-state index is 0.0345. The van der Waals surface area contributed by atoms with Gasteiger partial charge in [0.05, 0.1) is 12.7 Å². The lowest BCUT2D eigenvalue weighted by Crippen LogP contribution is -2.45. The van der Waals surface area contributed by atoms with Crippen molar-refractivity contribution in [2.75, 3.05) is 13.7 Å². The van der Waals surface area contributed by atoms with E-state index in [0.717, 1.165) is 4.90 Å². The predicted octanol–water partition coefficient (Wildman–Crippen LogP) is 0.440. The zero-order valence-electron chi connectivity index (χ0n) is 11.8. The van der Waals surface area contributed by atoms with Crippen molar-refractivity contribution in [2.45, 2.75) is 51.4 Å². The highest BCUT2D eigenvalue weighted by atomic mass is 16.6. The van der Waals surface area contributed by atoms with Crippen LogP contribution >= 0.6 is 0 Å². The average Bonchev–Trinajstić information content (AvgIpc) is 2.25. The van der Waals surface area contributed by atoms with E-state index in [1.54, 1.807) is 20.8 Å². The Kier molecular flexibility index (Phi) is 6.78. The van der Waals surface area contributed by atoms with E-state index in [0.29, 0.717) is 0 Å². The van der Waals surface area contributed by atoms with Crippen molar-refractivity contribution in [1.29, 1.82) is 0 Å². The molecule has 2 atom stereocenters. The Hall–Kier alpha value is -1.34. The van der Waals surface area contributed by atoms with Crippen LogP contribution in [-0.2, 0) is 9.53 Å². The van der Waals surface area contributed by atoms with Gasteiger partial charge in [-0.05, 0) is 33.6 Å². The first-order valence-electron chi connectivity index (χ1n) is 6.06. The van der Waals surface area contributed by atoms with Gasteiger partial charge in [0.1, 0.15) is 11.6 Å². The summed E-state index contributed by atoms with van der Waals surface area (Å²) in [5.74, 6) is -1.18. The molecule has 0 aliphatic rings. The summed E-state index contributed by atoms with van der Waals surface area (Å²) >= 11 is 0. The van der Waals surface area contributed by atoms with Crippen LogP contribution in [0.3, 0.4) is 0 Å². The number of carboxylic acids is 1. The van der Waals surface area contributed by atoms with Crippen LogP contribution in [0, 0.1) is 0 Å². The number of nitrogens with zero attached hydrogens (tertiary/aromatic N) is 1. The lowest BCUT2D eigenvalue weighted by Gasteiger charge is -2.28. The molecular weight excluding hydrogens is 254 g/mol. The summed E-state index contributed by atoms with van der Waals surface area (Å²) in [6, 6.07) is -1.10. The minimum atomic E-state index is -1.18. The number of carbonyl (C=O) groups excluding carboxylic acids is 1. The number of carboxylic acid groups (broad SMARTS) is 1. The molecule has 7 heteroatoms. The van der Waals surface area contributed by atoms with E-state index in [9.17, 15) is 14.7 Å². The molecule has 3 N–H and O–H groups in total. The standard InChI is InChI=1S/C12H23NO6/c1-12(2,3)19-11(18)13(4)9(10(16)17)6-5-8(15)7-14/h8-9,14-15H,5-7H2,1-4H3,(H,16,17)/t8-,9-/m0/s1. The molecule has 0 saturated carbocycles. The maximum Gasteiger partial charge on any atom is 0.410 e. The lowest BCUT2D eigenvalue weighted by molar-refractivity contribution is -0.143. The molecule has 19 heavy (non-hydrogen) atoms. The van der Waals surface area contributed by atoms with Gasteiger partial charge in [-0.2, -0.15) is 0 Å². The summed E-state index contributed by atoms with van der Waals surface area (Å²) in [6.07, 6.45) is -1.61. The Morgan fingerprint density at radius 1 is 1.26 bits per heavy atom.